The number of anilines is 1. The Labute approximate surface area is 153 Å². The van der Waals surface area contributed by atoms with E-state index in [1.54, 1.807) is 18.2 Å². The molecule has 130 valence electrons. The summed E-state index contributed by atoms with van der Waals surface area (Å²) in [6.45, 7) is 1.19. The number of ketones is 1. The first kappa shape index (κ1) is 17.4. The number of amides is 1. The molecule has 0 spiro atoms. The number of Topliss-reactive ketones (excluding diaryl/α,β-unsaturated/α-hetero) is 1. The lowest BCUT2D eigenvalue weighted by Gasteiger charge is -2.12. The second-order valence-corrected chi connectivity index (χ2v) is 6.06. The first-order valence-corrected chi connectivity index (χ1v) is 8.02. The molecule has 1 aliphatic heterocycles. The molecule has 1 heterocycles. The molecule has 2 aromatic carbocycles. The third kappa shape index (κ3) is 3.97. The summed E-state index contributed by atoms with van der Waals surface area (Å²) in [4.78, 5) is 23.9. The Bertz CT molecular complexity index is 853. The van der Waals surface area contributed by atoms with Gasteiger partial charge in [0.05, 0.1) is 10.7 Å². The number of rotatable bonds is 5. The normalized spacial score (nSPS) is 12.0. The van der Waals surface area contributed by atoms with Crippen LogP contribution in [0.5, 0.6) is 17.2 Å². The topological polar surface area (TPSA) is 73.9 Å². The Balaban J connectivity index is 1.71. The Morgan fingerprint density at radius 1 is 1.16 bits per heavy atom. The number of carbonyl (C=O) groups excluding carboxylic acids is 2. The lowest BCUT2D eigenvalue weighted by atomic mass is 10.1. The van der Waals surface area contributed by atoms with Gasteiger partial charge in [-0.1, -0.05) is 23.2 Å². The molecule has 25 heavy (non-hydrogen) atoms. The Morgan fingerprint density at radius 2 is 1.88 bits per heavy atom. The van der Waals surface area contributed by atoms with Crippen molar-refractivity contribution in [3.63, 3.8) is 0 Å². The van der Waals surface area contributed by atoms with Gasteiger partial charge >= 0.3 is 0 Å². The Morgan fingerprint density at radius 3 is 2.56 bits per heavy atom. The molecule has 0 saturated heterocycles. The van der Waals surface area contributed by atoms with Crippen LogP contribution in [0, 0.1) is 0 Å². The molecule has 0 aliphatic carbocycles. The largest absolute Gasteiger partial charge is 0.482 e. The minimum absolute atomic E-state index is 0.0717. The zero-order chi connectivity index (χ0) is 18.0. The molecular weight excluding hydrogens is 369 g/mol. The fourth-order valence-electron chi connectivity index (χ4n) is 2.26. The van der Waals surface area contributed by atoms with Gasteiger partial charge in [-0.2, -0.15) is 0 Å². The molecule has 8 heteroatoms. The van der Waals surface area contributed by atoms with E-state index >= 15 is 0 Å². The maximum atomic E-state index is 12.2. The van der Waals surface area contributed by atoms with Crippen molar-refractivity contribution in [2.24, 2.45) is 0 Å². The van der Waals surface area contributed by atoms with E-state index in [0.29, 0.717) is 38.5 Å². The number of hydrogen-bond acceptors (Lipinski definition) is 5. The predicted molar refractivity (Wildman–Crippen MR) is 93.2 cm³/mol. The summed E-state index contributed by atoms with van der Waals surface area (Å²) in [6, 6.07) is 7.78. The number of benzene rings is 2. The molecule has 2 aromatic rings. The minimum atomic E-state index is -0.451. The average Bonchev–Trinajstić information content (AvgIpc) is 3.00. The zero-order valence-electron chi connectivity index (χ0n) is 13.1. The number of hydrogen-bond donors (Lipinski definition) is 1. The average molecular weight is 382 g/mol. The minimum Gasteiger partial charge on any atom is -0.482 e. The van der Waals surface area contributed by atoms with Crippen molar-refractivity contribution in [1.29, 1.82) is 0 Å². The second kappa shape index (κ2) is 7.21. The van der Waals surface area contributed by atoms with Crippen LogP contribution in [0.4, 0.5) is 5.69 Å². The summed E-state index contributed by atoms with van der Waals surface area (Å²) < 4.78 is 15.9. The monoisotopic (exact) mass is 381 g/mol. The third-order valence-corrected chi connectivity index (χ3v) is 3.95. The SMILES string of the molecule is CC(=O)c1cc2c(cc1NC(=O)COc1ccc(Cl)cc1Cl)OCO2. The van der Waals surface area contributed by atoms with Gasteiger partial charge in [-0.25, -0.2) is 0 Å². The predicted octanol–water partition coefficient (Wildman–Crippen LogP) is 3.94. The van der Waals surface area contributed by atoms with Gasteiger partial charge in [-0.05, 0) is 31.2 Å². The smallest absolute Gasteiger partial charge is 0.262 e. The highest BCUT2D eigenvalue weighted by atomic mass is 35.5. The Kier molecular flexibility index (Phi) is 5.01. The molecule has 0 saturated carbocycles. The quantitative estimate of drug-likeness (QED) is 0.793. The van der Waals surface area contributed by atoms with Crippen LogP contribution in [0.2, 0.25) is 10.0 Å². The van der Waals surface area contributed by atoms with E-state index in [1.807, 2.05) is 0 Å². The highest BCUT2D eigenvalue weighted by Gasteiger charge is 2.20. The van der Waals surface area contributed by atoms with Gasteiger partial charge < -0.3 is 19.5 Å². The first-order valence-electron chi connectivity index (χ1n) is 7.26. The van der Waals surface area contributed by atoms with E-state index < -0.39 is 5.91 Å². The standard InChI is InChI=1S/C17H13Cl2NO5/c1-9(21)11-5-15-16(25-8-24-15)6-13(11)20-17(22)7-23-14-3-2-10(18)4-12(14)19/h2-6H,7-8H2,1H3,(H,20,22). The molecule has 0 atom stereocenters. The molecule has 0 bridgehead atoms. The van der Waals surface area contributed by atoms with E-state index in [0.717, 1.165) is 0 Å². The molecule has 1 aliphatic rings. The van der Waals surface area contributed by atoms with Crippen LogP contribution >= 0.6 is 23.2 Å². The van der Waals surface area contributed by atoms with Crippen LogP contribution in [0.1, 0.15) is 17.3 Å². The van der Waals surface area contributed by atoms with Crippen LogP contribution in [-0.4, -0.2) is 25.1 Å². The summed E-state index contributed by atoms with van der Waals surface area (Å²) >= 11 is 11.8. The van der Waals surface area contributed by atoms with Crippen LogP contribution in [0.25, 0.3) is 0 Å². The number of halogens is 2. The zero-order valence-corrected chi connectivity index (χ0v) is 14.6. The molecule has 3 rings (SSSR count). The van der Waals surface area contributed by atoms with Crippen LogP contribution < -0.4 is 19.5 Å². The van der Waals surface area contributed by atoms with Gasteiger partial charge in [0.2, 0.25) is 6.79 Å². The van der Waals surface area contributed by atoms with Crippen LogP contribution in [0.3, 0.4) is 0 Å². The number of fused-ring (bicyclic) bond motifs is 1. The van der Waals surface area contributed by atoms with Crippen molar-refractivity contribution in [3.05, 3.63) is 45.9 Å². The molecular formula is C17H13Cl2NO5. The Hall–Kier alpha value is -2.44. The van der Waals surface area contributed by atoms with Gasteiger partial charge in [0.1, 0.15) is 5.75 Å². The van der Waals surface area contributed by atoms with Gasteiger partial charge in [0, 0.05) is 16.7 Å². The van der Waals surface area contributed by atoms with E-state index in [1.165, 1.54) is 19.1 Å². The van der Waals surface area contributed by atoms with Crippen molar-refractivity contribution in [3.8, 4) is 17.2 Å². The lowest BCUT2D eigenvalue weighted by molar-refractivity contribution is -0.118. The molecule has 0 fully saturated rings. The van der Waals surface area contributed by atoms with Crippen molar-refractivity contribution >= 4 is 40.6 Å². The molecule has 0 aromatic heterocycles. The fraction of sp³-hybridized carbons (Fsp3) is 0.176. The van der Waals surface area contributed by atoms with Crippen LogP contribution in [-0.2, 0) is 4.79 Å². The molecule has 0 radical (unpaired) electrons. The fourth-order valence-corrected chi connectivity index (χ4v) is 2.72. The number of carbonyl (C=O) groups is 2. The maximum absolute atomic E-state index is 12.2. The number of ether oxygens (including phenoxy) is 3. The summed E-state index contributed by atoms with van der Waals surface area (Å²) in [5, 5.41) is 3.40. The summed E-state index contributed by atoms with van der Waals surface area (Å²) in [7, 11) is 0. The van der Waals surface area contributed by atoms with Gasteiger partial charge in [0.15, 0.2) is 23.9 Å². The molecule has 1 amide bonds. The summed E-state index contributed by atoms with van der Waals surface area (Å²) in [6.07, 6.45) is 0. The van der Waals surface area contributed by atoms with Gasteiger partial charge in [-0.15, -0.1) is 0 Å². The van der Waals surface area contributed by atoms with Crippen LogP contribution in [0.15, 0.2) is 30.3 Å². The highest BCUT2D eigenvalue weighted by molar-refractivity contribution is 6.35. The van der Waals surface area contributed by atoms with E-state index in [-0.39, 0.29) is 19.2 Å². The molecule has 1 N–H and O–H groups in total. The van der Waals surface area contributed by atoms with Gasteiger partial charge in [-0.3, -0.25) is 9.59 Å². The van der Waals surface area contributed by atoms with Crippen molar-refractivity contribution in [2.45, 2.75) is 6.92 Å². The molecule has 6 nitrogen and oxygen atoms in total. The third-order valence-electron chi connectivity index (χ3n) is 3.42. The van der Waals surface area contributed by atoms with Crippen molar-refractivity contribution in [2.75, 3.05) is 18.7 Å². The van der Waals surface area contributed by atoms with E-state index in [2.05, 4.69) is 5.32 Å². The highest BCUT2D eigenvalue weighted by Crippen LogP contribution is 2.37. The maximum Gasteiger partial charge on any atom is 0.262 e. The van der Waals surface area contributed by atoms with Crippen molar-refractivity contribution < 1.29 is 23.8 Å². The van der Waals surface area contributed by atoms with E-state index in [9.17, 15) is 9.59 Å². The lowest BCUT2D eigenvalue weighted by Crippen LogP contribution is -2.21. The summed E-state index contributed by atoms with van der Waals surface area (Å²) in [5.41, 5.74) is 0.648. The summed E-state index contributed by atoms with van der Waals surface area (Å²) in [5.74, 6) is 0.593. The van der Waals surface area contributed by atoms with E-state index in [4.69, 9.17) is 37.4 Å². The first-order chi connectivity index (χ1) is 11.9. The van der Waals surface area contributed by atoms with Gasteiger partial charge in [0.25, 0.3) is 5.91 Å². The second-order valence-electron chi connectivity index (χ2n) is 5.22. The van der Waals surface area contributed by atoms with Crippen molar-refractivity contribution in [1.82, 2.24) is 0 Å². The molecule has 0 unspecified atom stereocenters. The number of nitrogens with one attached hydrogen (secondary N) is 1.